The van der Waals surface area contributed by atoms with Gasteiger partial charge >= 0.3 is 5.97 Å². The van der Waals surface area contributed by atoms with Crippen LogP contribution in [-0.4, -0.2) is 35.1 Å². The Balaban J connectivity index is 0.00000162. The third-order valence-corrected chi connectivity index (χ3v) is 4.99. The molecule has 4 heteroatoms. The number of halogens is 1. The maximum Gasteiger partial charge on any atom is 0.320 e. The third-order valence-electron chi connectivity index (χ3n) is 4.99. The van der Waals surface area contributed by atoms with E-state index in [9.17, 15) is 9.90 Å². The van der Waals surface area contributed by atoms with E-state index in [1.165, 1.54) is 19.3 Å². The summed E-state index contributed by atoms with van der Waals surface area (Å²) in [6, 6.07) is 0.262. The van der Waals surface area contributed by atoms with E-state index in [-0.39, 0.29) is 18.4 Å². The van der Waals surface area contributed by atoms with Gasteiger partial charge in [-0.2, -0.15) is 0 Å². The van der Waals surface area contributed by atoms with Gasteiger partial charge in [-0.05, 0) is 50.0 Å². The van der Waals surface area contributed by atoms with Gasteiger partial charge in [0.2, 0.25) is 0 Å². The zero-order valence-electron chi connectivity index (χ0n) is 11.8. The van der Waals surface area contributed by atoms with E-state index in [1.54, 1.807) is 0 Å². The molecule has 4 unspecified atom stereocenters. The molecule has 0 amide bonds. The van der Waals surface area contributed by atoms with E-state index < -0.39 is 5.97 Å². The molecule has 0 radical (unpaired) electrons. The SMILES string of the molecule is CN1C(C(=O)O)CC2CC(C(C)(C)C)CCC21.Cl. The number of hydrogen-bond donors (Lipinski definition) is 1. The van der Waals surface area contributed by atoms with Gasteiger partial charge < -0.3 is 5.11 Å². The van der Waals surface area contributed by atoms with Gasteiger partial charge in [-0.25, -0.2) is 0 Å². The van der Waals surface area contributed by atoms with Crippen LogP contribution in [0, 0.1) is 17.3 Å². The number of likely N-dealkylation sites (tertiary alicyclic amines) is 1. The van der Waals surface area contributed by atoms with Crippen LogP contribution in [0.2, 0.25) is 0 Å². The molecular weight excluding hydrogens is 250 g/mol. The lowest BCUT2D eigenvalue weighted by molar-refractivity contribution is -0.142. The Morgan fingerprint density at radius 3 is 2.33 bits per heavy atom. The lowest BCUT2D eigenvalue weighted by atomic mass is 9.67. The van der Waals surface area contributed by atoms with Crippen molar-refractivity contribution in [1.29, 1.82) is 0 Å². The first-order chi connectivity index (χ1) is 7.80. The van der Waals surface area contributed by atoms with Crippen molar-refractivity contribution < 1.29 is 9.90 Å². The molecule has 2 rings (SSSR count). The van der Waals surface area contributed by atoms with Gasteiger partial charge in [0.1, 0.15) is 6.04 Å². The van der Waals surface area contributed by atoms with Crippen LogP contribution in [0.25, 0.3) is 0 Å². The largest absolute Gasteiger partial charge is 0.480 e. The van der Waals surface area contributed by atoms with E-state index in [4.69, 9.17) is 0 Å². The number of carboxylic acid groups (broad SMARTS) is 1. The summed E-state index contributed by atoms with van der Waals surface area (Å²) >= 11 is 0. The van der Waals surface area contributed by atoms with Crippen molar-refractivity contribution >= 4 is 18.4 Å². The summed E-state index contributed by atoms with van der Waals surface area (Å²) in [6.07, 6.45) is 4.49. The molecule has 1 heterocycles. The summed E-state index contributed by atoms with van der Waals surface area (Å²) < 4.78 is 0. The van der Waals surface area contributed by atoms with Gasteiger partial charge in [-0.1, -0.05) is 20.8 Å². The van der Waals surface area contributed by atoms with Crippen molar-refractivity contribution in [2.24, 2.45) is 17.3 Å². The molecule has 0 aromatic heterocycles. The summed E-state index contributed by atoms with van der Waals surface area (Å²) in [6.45, 7) is 6.93. The zero-order chi connectivity index (χ0) is 12.8. The summed E-state index contributed by atoms with van der Waals surface area (Å²) in [4.78, 5) is 13.3. The summed E-state index contributed by atoms with van der Waals surface area (Å²) in [5, 5.41) is 9.21. The van der Waals surface area contributed by atoms with Crippen LogP contribution in [0.15, 0.2) is 0 Å². The fourth-order valence-electron chi connectivity index (χ4n) is 3.78. The molecular formula is C14H26ClNO2. The van der Waals surface area contributed by atoms with Gasteiger partial charge in [0.15, 0.2) is 0 Å². The zero-order valence-corrected chi connectivity index (χ0v) is 12.7. The summed E-state index contributed by atoms with van der Waals surface area (Å²) in [7, 11) is 1.99. The smallest absolute Gasteiger partial charge is 0.320 e. The van der Waals surface area contributed by atoms with E-state index in [1.807, 2.05) is 7.05 Å². The van der Waals surface area contributed by atoms with Crippen LogP contribution in [-0.2, 0) is 4.79 Å². The number of fused-ring (bicyclic) bond motifs is 1. The first-order valence-corrected chi connectivity index (χ1v) is 6.75. The Labute approximate surface area is 116 Å². The lowest BCUT2D eigenvalue weighted by Crippen LogP contribution is -2.41. The van der Waals surface area contributed by atoms with E-state index in [0.29, 0.717) is 17.4 Å². The minimum atomic E-state index is -0.644. The number of rotatable bonds is 1. The van der Waals surface area contributed by atoms with Gasteiger partial charge in [-0.3, -0.25) is 9.69 Å². The molecule has 1 saturated carbocycles. The molecule has 18 heavy (non-hydrogen) atoms. The monoisotopic (exact) mass is 275 g/mol. The highest BCUT2D eigenvalue weighted by molar-refractivity contribution is 5.85. The second-order valence-corrected chi connectivity index (χ2v) is 6.96. The Morgan fingerprint density at radius 1 is 1.22 bits per heavy atom. The Morgan fingerprint density at radius 2 is 1.83 bits per heavy atom. The Hall–Kier alpha value is -0.280. The summed E-state index contributed by atoms with van der Waals surface area (Å²) in [5.74, 6) is 0.706. The van der Waals surface area contributed by atoms with E-state index >= 15 is 0 Å². The van der Waals surface area contributed by atoms with Gasteiger partial charge in [0.25, 0.3) is 0 Å². The molecule has 4 atom stereocenters. The number of aliphatic carboxylic acids is 1. The average molecular weight is 276 g/mol. The van der Waals surface area contributed by atoms with Crippen molar-refractivity contribution in [1.82, 2.24) is 4.90 Å². The minimum Gasteiger partial charge on any atom is -0.480 e. The first kappa shape index (κ1) is 15.8. The molecule has 0 aromatic carbocycles. The fraction of sp³-hybridized carbons (Fsp3) is 0.929. The van der Waals surface area contributed by atoms with Crippen molar-refractivity contribution in [2.75, 3.05) is 7.05 Å². The van der Waals surface area contributed by atoms with Gasteiger partial charge in [0, 0.05) is 6.04 Å². The highest BCUT2D eigenvalue weighted by Crippen LogP contribution is 2.46. The molecule has 1 N–H and O–H groups in total. The lowest BCUT2D eigenvalue weighted by Gasteiger charge is -2.40. The van der Waals surface area contributed by atoms with Crippen LogP contribution in [0.5, 0.6) is 0 Å². The predicted octanol–water partition coefficient (Wildman–Crippen LogP) is 3.03. The van der Waals surface area contributed by atoms with Crippen LogP contribution in [0.3, 0.4) is 0 Å². The van der Waals surface area contributed by atoms with Crippen LogP contribution in [0.1, 0.15) is 46.5 Å². The maximum absolute atomic E-state index is 11.2. The highest BCUT2D eigenvalue weighted by atomic mass is 35.5. The van der Waals surface area contributed by atoms with E-state index in [2.05, 4.69) is 25.7 Å². The molecule has 0 bridgehead atoms. The highest BCUT2D eigenvalue weighted by Gasteiger charge is 2.46. The molecule has 1 aliphatic carbocycles. The third kappa shape index (κ3) is 2.83. The topological polar surface area (TPSA) is 40.5 Å². The second kappa shape index (κ2) is 5.38. The number of hydrogen-bond acceptors (Lipinski definition) is 2. The molecule has 106 valence electrons. The molecule has 2 fully saturated rings. The normalized spacial score (nSPS) is 36.9. The molecule has 0 aromatic rings. The molecule has 2 aliphatic rings. The molecule has 1 saturated heterocycles. The predicted molar refractivity (Wildman–Crippen MR) is 75.1 cm³/mol. The van der Waals surface area contributed by atoms with Gasteiger partial charge in [0.05, 0.1) is 0 Å². The van der Waals surface area contributed by atoms with Crippen molar-refractivity contribution in [2.45, 2.75) is 58.5 Å². The van der Waals surface area contributed by atoms with Crippen LogP contribution < -0.4 is 0 Å². The van der Waals surface area contributed by atoms with E-state index in [0.717, 1.165) is 12.3 Å². The molecule has 3 nitrogen and oxygen atoms in total. The summed E-state index contributed by atoms with van der Waals surface area (Å²) in [5.41, 5.74) is 0.366. The average Bonchev–Trinajstić information content (AvgIpc) is 2.54. The Bertz CT molecular complexity index is 313. The fourth-order valence-corrected chi connectivity index (χ4v) is 3.78. The second-order valence-electron chi connectivity index (χ2n) is 6.96. The van der Waals surface area contributed by atoms with Crippen molar-refractivity contribution in [3.05, 3.63) is 0 Å². The van der Waals surface area contributed by atoms with Crippen molar-refractivity contribution in [3.63, 3.8) is 0 Å². The number of carbonyl (C=O) groups is 1. The first-order valence-electron chi connectivity index (χ1n) is 6.75. The number of carboxylic acids is 1. The number of nitrogens with zero attached hydrogens (tertiary/aromatic N) is 1. The standard InChI is InChI=1S/C14H25NO2.ClH/c1-14(2,3)10-5-6-11-9(7-10)8-12(13(16)17)15(11)4;/h9-12H,5-8H2,1-4H3,(H,16,17);1H. The van der Waals surface area contributed by atoms with Crippen LogP contribution >= 0.6 is 12.4 Å². The van der Waals surface area contributed by atoms with Crippen molar-refractivity contribution in [3.8, 4) is 0 Å². The molecule has 1 aliphatic heterocycles. The maximum atomic E-state index is 11.2. The quantitative estimate of drug-likeness (QED) is 0.800. The molecule has 0 spiro atoms. The van der Waals surface area contributed by atoms with Crippen LogP contribution in [0.4, 0.5) is 0 Å². The Kier molecular flexibility index (Phi) is 4.71. The number of likely N-dealkylation sites (N-methyl/N-ethyl adjacent to an activating group) is 1. The van der Waals surface area contributed by atoms with Gasteiger partial charge in [-0.15, -0.1) is 12.4 Å². The minimum absolute atomic E-state index is 0.